The molecule has 0 aliphatic rings. The average Bonchev–Trinajstić information content (AvgIpc) is 3.25. The van der Waals surface area contributed by atoms with E-state index in [9.17, 15) is 9.18 Å². The summed E-state index contributed by atoms with van der Waals surface area (Å²) in [4.78, 5) is 21.4. The number of rotatable bonds is 9. The zero-order chi connectivity index (χ0) is 23.2. The first-order chi connectivity index (χ1) is 16.1. The second-order valence-corrected chi connectivity index (χ2v) is 7.43. The molecule has 0 fully saturated rings. The van der Waals surface area contributed by atoms with Crippen molar-refractivity contribution in [1.82, 2.24) is 19.7 Å². The number of anilines is 2. The summed E-state index contributed by atoms with van der Waals surface area (Å²) >= 11 is 0. The summed E-state index contributed by atoms with van der Waals surface area (Å²) in [6.07, 6.45) is 5.21. The molecule has 170 valence electrons. The highest BCUT2D eigenvalue weighted by Gasteiger charge is 2.13. The fourth-order valence-electron chi connectivity index (χ4n) is 3.49. The highest BCUT2D eigenvalue weighted by molar-refractivity contribution is 5.96. The summed E-state index contributed by atoms with van der Waals surface area (Å²) in [6, 6.07) is 11.7. The van der Waals surface area contributed by atoms with E-state index >= 15 is 0 Å². The lowest BCUT2D eigenvalue weighted by atomic mass is 10.1. The molecule has 0 atom stereocenters. The van der Waals surface area contributed by atoms with Gasteiger partial charge in [0.1, 0.15) is 5.82 Å². The Balaban J connectivity index is 1.50. The molecule has 9 heteroatoms. The molecule has 0 unspecified atom stereocenters. The normalized spacial score (nSPS) is 11.0. The van der Waals surface area contributed by atoms with Crippen LogP contribution in [0.1, 0.15) is 15.9 Å². The van der Waals surface area contributed by atoms with Crippen molar-refractivity contribution in [2.24, 2.45) is 5.73 Å². The Kier molecular flexibility index (Phi) is 6.92. The van der Waals surface area contributed by atoms with Crippen LogP contribution >= 0.6 is 0 Å². The number of nitrogens with zero attached hydrogens (tertiary/aromatic N) is 3. The number of nitrogens with two attached hydrogens (primary N) is 1. The van der Waals surface area contributed by atoms with Gasteiger partial charge in [-0.05, 0) is 55.0 Å². The minimum Gasteiger partial charge on any atom is -0.378 e. The number of aromatic nitrogens is 3. The van der Waals surface area contributed by atoms with Gasteiger partial charge in [-0.25, -0.2) is 14.4 Å². The van der Waals surface area contributed by atoms with E-state index in [0.717, 1.165) is 22.5 Å². The summed E-state index contributed by atoms with van der Waals surface area (Å²) in [6.45, 7) is 3.64. The summed E-state index contributed by atoms with van der Waals surface area (Å²) in [5.41, 5.74) is 9.87. The molecule has 0 aliphatic heterocycles. The predicted molar refractivity (Wildman–Crippen MR) is 125 cm³/mol. The number of ether oxygens (including phenoxy) is 1. The maximum absolute atomic E-state index is 13.3. The molecule has 8 nitrogen and oxygen atoms in total. The molecule has 0 aliphatic carbocycles. The van der Waals surface area contributed by atoms with E-state index in [-0.39, 0.29) is 11.7 Å². The number of amides is 1. The summed E-state index contributed by atoms with van der Waals surface area (Å²) < 4.78 is 20.5. The van der Waals surface area contributed by atoms with Crippen LogP contribution in [0.5, 0.6) is 0 Å². The van der Waals surface area contributed by atoms with Crippen LogP contribution in [0.4, 0.5) is 15.9 Å². The van der Waals surface area contributed by atoms with Crippen molar-refractivity contribution in [2.75, 3.05) is 31.6 Å². The fourth-order valence-corrected chi connectivity index (χ4v) is 3.49. The molecular formula is C24H25FN6O2. The third kappa shape index (κ3) is 5.16. The molecule has 1 amide bonds. The van der Waals surface area contributed by atoms with Crippen molar-refractivity contribution >= 4 is 23.1 Å². The SMILES string of the molecule is Cc1cc(Nc2nccn3c(-c4ccc(F)cc4)cnc23)ccc1C(=O)NCCOCCN. The van der Waals surface area contributed by atoms with Crippen molar-refractivity contribution < 1.29 is 13.9 Å². The Morgan fingerprint density at radius 2 is 1.97 bits per heavy atom. The van der Waals surface area contributed by atoms with Crippen LogP contribution in [0.3, 0.4) is 0 Å². The molecule has 33 heavy (non-hydrogen) atoms. The van der Waals surface area contributed by atoms with E-state index in [0.29, 0.717) is 43.3 Å². The van der Waals surface area contributed by atoms with Gasteiger partial charge >= 0.3 is 0 Å². The van der Waals surface area contributed by atoms with E-state index in [4.69, 9.17) is 10.5 Å². The number of carbonyl (C=O) groups excluding carboxylic acids is 1. The topological polar surface area (TPSA) is 107 Å². The van der Waals surface area contributed by atoms with Crippen LogP contribution in [0.2, 0.25) is 0 Å². The number of nitrogens with one attached hydrogen (secondary N) is 2. The molecule has 0 bridgehead atoms. The Hall–Kier alpha value is -3.82. The summed E-state index contributed by atoms with van der Waals surface area (Å²) in [7, 11) is 0. The molecule has 2 heterocycles. The van der Waals surface area contributed by atoms with Gasteiger partial charge in [-0.1, -0.05) is 0 Å². The number of imidazole rings is 1. The molecule has 0 radical (unpaired) electrons. The van der Waals surface area contributed by atoms with E-state index < -0.39 is 0 Å². The van der Waals surface area contributed by atoms with Crippen molar-refractivity contribution in [3.63, 3.8) is 0 Å². The fraction of sp³-hybridized carbons (Fsp3) is 0.208. The quantitative estimate of drug-likeness (QED) is 0.339. The summed E-state index contributed by atoms with van der Waals surface area (Å²) in [5, 5.41) is 6.12. The minimum atomic E-state index is -0.288. The van der Waals surface area contributed by atoms with Gasteiger partial charge in [-0.15, -0.1) is 0 Å². The van der Waals surface area contributed by atoms with Gasteiger partial charge in [0.05, 0.1) is 25.1 Å². The maximum atomic E-state index is 13.3. The van der Waals surface area contributed by atoms with E-state index in [1.54, 1.807) is 30.6 Å². The first-order valence-electron chi connectivity index (χ1n) is 10.6. The zero-order valence-electron chi connectivity index (χ0n) is 18.2. The second-order valence-electron chi connectivity index (χ2n) is 7.43. The number of fused-ring (bicyclic) bond motifs is 1. The Bertz CT molecular complexity index is 1260. The second kappa shape index (κ2) is 10.2. The average molecular weight is 449 g/mol. The molecule has 2 aromatic heterocycles. The van der Waals surface area contributed by atoms with Gasteiger partial charge in [-0.3, -0.25) is 9.20 Å². The Labute approximate surface area is 190 Å². The molecule has 0 spiro atoms. The Morgan fingerprint density at radius 1 is 1.15 bits per heavy atom. The van der Waals surface area contributed by atoms with Crippen LogP contribution in [-0.4, -0.2) is 46.6 Å². The van der Waals surface area contributed by atoms with E-state index in [2.05, 4.69) is 20.6 Å². The maximum Gasteiger partial charge on any atom is 0.251 e. The number of benzene rings is 2. The first-order valence-corrected chi connectivity index (χ1v) is 10.6. The van der Waals surface area contributed by atoms with Gasteiger partial charge in [0.15, 0.2) is 11.5 Å². The van der Waals surface area contributed by atoms with Crippen LogP contribution in [0, 0.1) is 12.7 Å². The zero-order valence-corrected chi connectivity index (χ0v) is 18.2. The van der Waals surface area contributed by atoms with Crippen LogP contribution in [-0.2, 0) is 4.74 Å². The number of carbonyl (C=O) groups is 1. The third-order valence-electron chi connectivity index (χ3n) is 5.10. The molecule has 0 saturated heterocycles. The highest BCUT2D eigenvalue weighted by Crippen LogP contribution is 2.26. The van der Waals surface area contributed by atoms with E-state index in [1.165, 1.54) is 12.1 Å². The van der Waals surface area contributed by atoms with Crippen molar-refractivity contribution in [1.29, 1.82) is 0 Å². The number of aryl methyl sites for hydroxylation is 1. The van der Waals surface area contributed by atoms with Gasteiger partial charge in [0.25, 0.3) is 5.91 Å². The van der Waals surface area contributed by atoms with Gasteiger partial charge < -0.3 is 21.1 Å². The van der Waals surface area contributed by atoms with Gasteiger partial charge in [-0.2, -0.15) is 0 Å². The highest BCUT2D eigenvalue weighted by atomic mass is 19.1. The van der Waals surface area contributed by atoms with Crippen molar-refractivity contribution in [3.05, 3.63) is 78.0 Å². The van der Waals surface area contributed by atoms with Crippen LogP contribution in [0.25, 0.3) is 16.9 Å². The lowest BCUT2D eigenvalue weighted by Crippen LogP contribution is -2.28. The third-order valence-corrected chi connectivity index (χ3v) is 5.10. The lowest BCUT2D eigenvalue weighted by molar-refractivity contribution is 0.0919. The first kappa shape index (κ1) is 22.4. The standard InChI is InChI=1S/C24H25FN6O2/c1-16-14-19(6-7-20(16)24(32)28-10-13-33-12-8-26)30-22-23-29-15-21(31(23)11-9-27-22)17-2-4-18(25)5-3-17/h2-7,9,11,14-15H,8,10,12-13,26H2,1H3,(H,27,30)(H,28,32). The summed E-state index contributed by atoms with van der Waals surface area (Å²) in [5.74, 6) is 0.122. The lowest BCUT2D eigenvalue weighted by Gasteiger charge is -2.11. The molecule has 4 N–H and O–H groups in total. The molecule has 0 saturated carbocycles. The molecule has 2 aromatic carbocycles. The van der Waals surface area contributed by atoms with Gasteiger partial charge in [0.2, 0.25) is 0 Å². The van der Waals surface area contributed by atoms with Gasteiger partial charge in [0, 0.05) is 42.3 Å². The largest absolute Gasteiger partial charge is 0.378 e. The van der Waals surface area contributed by atoms with E-state index in [1.807, 2.05) is 29.7 Å². The van der Waals surface area contributed by atoms with Crippen LogP contribution < -0.4 is 16.4 Å². The van der Waals surface area contributed by atoms with Crippen molar-refractivity contribution in [2.45, 2.75) is 6.92 Å². The predicted octanol–water partition coefficient (Wildman–Crippen LogP) is 3.29. The van der Waals surface area contributed by atoms with Crippen molar-refractivity contribution in [3.8, 4) is 11.3 Å². The number of hydrogen-bond donors (Lipinski definition) is 3. The number of halogens is 1. The Morgan fingerprint density at radius 3 is 2.73 bits per heavy atom. The smallest absolute Gasteiger partial charge is 0.251 e. The molecule has 4 rings (SSSR count). The van der Waals surface area contributed by atoms with Crippen LogP contribution in [0.15, 0.2) is 61.1 Å². The minimum absolute atomic E-state index is 0.159. The molecular weight excluding hydrogens is 423 g/mol. The molecule has 4 aromatic rings. The monoisotopic (exact) mass is 448 g/mol. The number of hydrogen-bond acceptors (Lipinski definition) is 6.